The Kier molecular flexibility index (Phi) is 5.76. The molecule has 0 radical (unpaired) electrons. The van der Waals surface area contributed by atoms with Crippen LogP contribution in [-0.2, 0) is 16.0 Å². The molecular formula is C10H16N2O2S2. The summed E-state index contributed by atoms with van der Waals surface area (Å²) in [7, 11) is 1.40. The number of carbonyl (C=O) groups is 1. The maximum Gasteiger partial charge on any atom is 0.318 e. The van der Waals surface area contributed by atoms with Crippen LogP contribution in [0.25, 0.3) is 0 Å². The standard InChI is InChI=1S/C10H16N2O2S2/c1-4-5-6-8-11-12-10(16-8)15-7(2)9(13)14-3/h7H,4-6H2,1-3H3. The van der Waals surface area contributed by atoms with Gasteiger partial charge < -0.3 is 4.74 Å². The zero-order valence-electron chi connectivity index (χ0n) is 9.73. The van der Waals surface area contributed by atoms with E-state index in [0.29, 0.717) is 0 Å². The van der Waals surface area contributed by atoms with E-state index in [1.807, 2.05) is 6.92 Å². The van der Waals surface area contributed by atoms with Crippen molar-refractivity contribution in [2.24, 2.45) is 0 Å². The molecule has 1 aromatic heterocycles. The van der Waals surface area contributed by atoms with E-state index in [1.54, 1.807) is 11.3 Å². The monoisotopic (exact) mass is 260 g/mol. The highest BCUT2D eigenvalue weighted by molar-refractivity contribution is 8.02. The average molecular weight is 260 g/mol. The number of hydrogen-bond donors (Lipinski definition) is 0. The lowest BCUT2D eigenvalue weighted by molar-refractivity contribution is -0.139. The number of hydrogen-bond acceptors (Lipinski definition) is 6. The second-order valence-electron chi connectivity index (χ2n) is 3.35. The van der Waals surface area contributed by atoms with Crippen LogP contribution in [-0.4, -0.2) is 28.5 Å². The van der Waals surface area contributed by atoms with Gasteiger partial charge in [0.15, 0.2) is 4.34 Å². The van der Waals surface area contributed by atoms with Crippen molar-refractivity contribution < 1.29 is 9.53 Å². The summed E-state index contributed by atoms with van der Waals surface area (Å²) in [6, 6.07) is 0. The second kappa shape index (κ2) is 6.85. The number of esters is 1. The molecule has 0 amide bonds. The first-order valence-corrected chi connectivity index (χ1v) is 6.93. The molecule has 1 rings (SSSR count). The number of rotatable bonds is 6. The van der Waals surface area contributed by atoms with Crippen molar-refractivity contribution in [1.29, 1.82) is 0 Å². The van der Waals surface area contributed by atoms with Gasteiger partial charge in [0.05, 0.1) is 7.11 Å². The molecule has 1 aromatic rings. The molecule has 0 bridgehead atoms. The van der Waals surface area contributed by atoms with E-state index >= 15 is 0 Å². The molecule has 1 atom stereocenters. The Bertz CT molecular complexity index is 341. The van der Waals surface area contributed by atoms with Crippen LogP contribution in [0, 0.1) is 0 Å². The van der Waals surface area contributed by atoms with E-state index in [1.165, 1.54) is 18.9 Å². The number of ether oxygens (including phenoxy) is 1. The maximum atomic E-state index is 11.2. The highest BCUT2D eigenvalue weighted by atomic mass is 32.2. The molecule has 0 spiro atoms. The molecule has 0 aliphatic heterocycles. The third-order valence-electron chi connectivity index (χ3n) is 2.00. The van der Waals surface area contributed by atoms with Gasteiger partial charge in [0, 0.05) is 6.42 Å². The van der Waals surface area contributed by atoms with Crippen LogP contribution in [0.15, 0.2) is 4.34 Å². The van der Waals surface area contributed by atoms with Crippen molar-refractivity contribution in [2.75, 3.05) is 7.11 Å². The maximum absolute atomic E-state index is 11.2. The Hall–Kier alpha value is -0.620. The fourth-order valence-electron chi connectivity index (χ4n) is 1.08. The van der Waals surface area contributed by atoms with Gasteiger partial charge in [0.25, 0.3) is 0 Å². The Morgan fingerprint density at radius 1 is 1.56 bits per heavy atom. The van der Waals surface area contributed by atoms with Crippen LogP contribution in [0.2, 0.25) is 0 Å². The van der Waals surface area contributed by atoms with E-state index in [0.717, 1.165) is 28.6 Å². The van der Waals surface area contributed by atoms with Gasteiger partial charge in [-0.1, -0.05) is 36.4 Å². The second-order valence-corrected chi connectivity index (χ2v) is 6.00. The number of nitrogens with zero attached hydrogens (tertiary/aromatic N) is 2. The van der Waals surface area contributed by atoms with Crippen molar-refractivity contribution in [1.82, 2.24) is 10.2 Å². The van der Waals surface area contributed by atoms with Gasteiger partial charge in [-0.15, -0.1) is 10.2 Å². The summed E-state index contributed by atoms with van der Waals surface area (Å²) in [6.45, 7) is 3.96. The van der Waals surface area contributed by atoms with Crippen LogP contribution in [0.3, 0.4) is 0 Å². The molecular weight excluding hydrogens is 244 g/mol. The quantitative estimate of drug-likeness (QED) is 0.581. The zero-order valence-corrected chi connectivity index (χ0v) is 11.4. The molecule has 1 heterocycles. The van der Waals surface area contributed by atoms with Gasteiger partial charge >= 0.3 is 5.97 Å². The summed E-state index contributed by atoms with van der Waals surface area (Å²) >= 11 is 2.96. The van der Waals surface area contributed by atoms with Gasteiger partial charge in [-0.05, 0) is 13.3 Å². The fourth-order valence-corrected chi connectivity index (χ4v) is 3.19. The number of aromatic nitrogens is 2. The van der Waals surface area contributed by atoms with E-state index < -0.39 is 0 Å². The van der Waals surface area contributed by atoms with Crippen molar-refractivity contribution in [3.8, 4) is 0 Å². The topological polar surface area (TPSA) is 52.1 Å². The summed E-state index contributed by atoms with van der Waals surface area (Å²) in [5, 5.41) is 8.95. The molecule has 16 heavy (non-hydrogen) atoms. The Morgan fingerprint density at radius 3 is 2.94 bits per heavy atom. The summed E-state index contributed by atoms with van der Waals surface area (Å²) in [6.07, 6.45) is 3.26. The zero-order chi connectivity index (χ0) is 12.0. The Morgan fingerprint density at radius 2 is 2.31 bits per heavy atom. The van der Waals surface area contributed by atoms with E-state index in [4.69, 9.17) is 0 Å². The number of methoxy groups -OCH3 is 1. The lowest BCUT2D eigenvalue weighted by Crippen LogP contribution is -2.14. The van der Waals surface area contributed by atoms with Gasteiger partial charge in [-0.2, -0.15) is 0 Å². The molecule has 0 aliphatic carbocycles. The fraction of sp³-hybridized carbons (Fsp3) is 0.700. The molecule has 6 heteroatoms. The SMILES string of the molecule is CCCCc1nnc(SC(C)C(=O)OC)s1. The molecule has 0 aromatic carbocycles. The van der Waals surface area contributed by atoms with Crippen LogP contribution in [0.1, 0.15) is 31.7 Å². The van der Waals surface area contributed by atoms with Crippen LogP contribution >= 0.6 is 23.1 Å². The summed E-state index contributed by atoms with van der Waals surface area (Å²) < 4.78 is 5.49. The number of aryl methyl sites for hydroxylation is 1. The molecule has 4 nitrogen and oxygen atoms in total. The highest BCUT2D eigenvalue weighted by Gasteiger charge is 2.17. The summed E-state index contributed by atoms with van der Waals surface area (Å²) in [5.74, 6) is -0.227. The lowest BCUT2D eigenvalue weighted by atomic mass is 10.3. The van der Waals surface area contributed by atoms with Gasteiger partial charge in [0.1, 0.15) is 10.3 Å². The first-order valence-electron chi connectivity index (χ1n) is 5.24. The lowest BCUT2D eigenvalue weighted by Gasteiger charge is -2.04. The highest BCUT2D eigenvalue weighted by Crippen LogP contribution is 2.27. The average Bonchev–Trinajstić information content (AvgIpc) is 2.72. The first kappa shape index (κ1) is 13.4. The molecule has 0 fully saturated rings. The normalized spacial score (nSPS) is 12.4. The predicted molar refractivity (Wildman–Crippen MR) is 65.9 cm³/mol. The minimum atomic E-state index is -0.227. The molecule has 1 unspecified atom stereocenters. The predicted octanol–water partition coefficient (Wildman–Crippen LogP) is 2.53. The number of thioether (sulfide) groups is 1. The van der Waals surface area contributed by atoms with Crippen molar-refractivity contribution >= 4 is 29.1 Å². The van der Waals surface area contributed by atoms with Gasteiger partial charge in [-0.25, -0.2) is 0 Å². The minimum absolute atomic E-state index is 0.225. The molecule has 0 saturated carbocycles. The summed E-state index contributed by atoms with van der Waals surface area (Å²) in [5.41, 5.74) is 0. The van der Waals surface area contributed by atoms with Crippen molar-refractivity contribution in [3.05, 3.63) is 5.01 Å². The van der Waals surface area contributed by atoms with Crippen LogP contribution < -0.4 is 0 Å². The van der Waals surface area contributed by atoms with Crippen LogP contribution in [0.5, 0.6) is 0 Å². The first-order chi connectivity index (χ1) is 7.67. The Labute approximate surface area is 104 Å². The molecule has 90 valence electrons. The Balaban J connectivity index is 2.48. The molecule has 0 aliphatic rings. The molecule has 0 N–H and O–H groups in total. The van der Waals surface area contributed by atoms with Crippen molar-refractivity contribution in [3.63, 3.8) is 0 Å². The largest absolute Gasteiger partial charge is 0.468 e. The number of unbranched alkanes of at least 4 members (excludes halogenated alkanes) is 1. The van der Waals surface area contributed by atoms with E-state index in [2.05, 4.69) is 21.9 Å². The smallest absolute Gasteiger partial charge is 0.318 e. The van der Waals surface area contributed by atoms with Gasteiger partial charge in [-0.3, -0.25) is 4.79 Å². The van der Waals surface area contributed by atoms with Crippen LogP contribution in [0.4, 0.5) is 0 Å². The number of carbonyl (C=O) groups excluding carboxylic acids is 1. The van der Waals surface area contributed by atoms with Gasteiger partial charge in [0.2, 0.25) is 0 Å². The molecule has 0 saturated heterocycles. The van der Waals surface area contributed by atoms with Crippen molar-refractivity contribution in [2.45, 2.75) is 42.7 Å². The third-order valence-corrected chi connectivity index (χ3v) is 4.15. The minimum Gasteiger partial charge on any atom is -0.468 e. The summed E-state index contributed by atoms with van der Waals surface area (Å²) in [4.78, 5) is 11.2. The van der Waals surface area contributed by atoms with E-state index in [-0.39, 0.29) is 11.2 Å². The van der Waals surface area contributed by atoms with E-state index in [9.17, 15) is 4.79 Å². The third kappa shape index (κ3) is 4.09.